The van der Waals surface area contributed by atoms with E-state index in [2.05, 4.69) is 5.32 Å². The second-order valence-electron chi connectivity index (χ2n) is 11.3. The van der Waals surface area contributed by atoms with Crippen molar-refractivity contribution in [3.05, 3.63) is 82.6 Å². The number of amides is 2. The molecule has 3 aromatic carbocycles. The summed E-state index contributed by atoms with van der Waals surface area (Å²) >= 11 is 1.31. The van der Waals surface area contributed by atoms with Crippen LogP contribution in [-0.4, -0.2) is 51.2 Å². The maximum atomic E-state index is 14.2. The second kappa shape index (κ2) is 11.9. The number of carbonyl (C=O) groups is 2. The topological polar surface area (TPSA) is 93.5 Å². The molecule has 1 aliphatic heterocycles. The van der Waals surface area contributed by atoms with Gasteiger partial charge in [-0.05, 0) is 69.0 Å². The first-order chi connectivity index (χ1) is 19.6. The van der Waals surface area contributed by atoms with Gasteiger partial charge in [-0.3, -0.25) is 14.2 Å². The molecule has 2 heterocycles. The zero-order valence-electron chi connectivity index (χ0n) is 23.9. The van der Waals surface area contributed by atoms with Crippen LogP contribution >= 0.6 is 11.8 Å². The van der Waals surface area contributed by atoms with E-state index < -0.39 is 16.9 Å². The van der Waals surface area contributed by atoms with Gasteiger partial charge >= 0.3 is 6.09 Å². The van der Waals surface area contributed by atoms with Crippen molar-refractivity contribution in [1.82, 2.24) is 19.8 Å². The fourth-order valence-corrected chi connectivity index (χ4v) is 6.49. The van der Waals surface area contributed by atoms with Gasteiger partial charge in [-0.15, -0.1) is 0 Å². The maximum absolute atomic E-state index is 14.2. The lowest BCUT2D eigenvalue weighted by Gasteiger charge is -2.29. The standard InChI is InChI=1S/C32H36N4O4S/c1-5-35-28(37)25-18-22-14-9-10-15-23(22)19-26(25)34-30(35)41-27(21-12-7-6-8-13-21)29(38)36-17-11-16-24(36)20-33-31(39)40-32(2,3)4/h6-10,12-15,18-19,24,27H,5,11,16-17,20H2,1-4H3,(H,33,39)/t24-,27-/m1/s1. The summed E-state index contributed by atoms with van der Waals surface area (Å²) < 4.78 is 7.04. The Balaban J connectivity index is 1.47. The highest BCUT2D eigenvalue weighted by Crippen LogP contribution is 2.38. The average Bonchev–Trinajstić information content (AvgIpc) is 3.42. The van der Waals surface area contributed by atoms with Crippen molar-refractivity contribution >= 4 is 45.4 Å². The van der Waals surface area contributed by atoms with Crippen LogP contribution in [0.3, 0.4) is 0 Å². The first-order valence-corrected chi connectivity index (χ1v) is 14.9. The predicted octanol–water partition coefficient (Wildman–Crippen LogP) is 5.92. The minimum atomic E-state index is -0.610. The van der Waals surface area contributed by atoms with Gasteiger partial charge in [0.2, 0.25) is 5.91 Å². The molecule has 1 fully saturated rings. The van der Waals surface area contributed by atoms with Gasteiger partial charge in [0.05, 0.1) is 10.9 Å². The summed E-state index contributed by atoms with van der Waals surface area (Å²) in [4.78, 5) is 46.9. The van der Waals surface area contributed by atoms with Gasteiger partial charge in [-0.1, -0.05) is 66.4 Å². The molecular formula is C32H36N4O4S. The summed E-state index contributed by atoms with van der Waals surface area (Å²) in [6.45, 7) is 8.71. The Hall–Kier alpha value is -3.85. The first-order valence-electron chi connectivity index (χ1n) is 14.1. The van der Waals surface area contributed by atoms with Crippen molar-refractivity contribution in [1.29, 1.82) is 0 Å². The molecule has 9 heteroatoms. The Kier molecular flexibility index (Phi) is 8.35. The quantitative estimate of drug-likeness (QED) is 0.168. The molecular weight excluding hydrogens is 536 g/mol. The Labute approximate surface area is 244 Å². The molecule has 1 aromatic heterocycles. The summed E-state index contributed by atoms with van der Waals surface area (Å²) in [6, 6.07) is 21.2. The first kappa shape index (κ1) is 28.7. The fraction of sp³-hybridized carbons (Fsp3) is 0.375. The zero-order chi connectivity index (χ0) is 29.1. The number of carbonyl (C=O) groups excluding carboxylic acids is 2. The van der Waals surface area contributed by atoms with E-state index in [-0.39, 0.29) is 17.5 Å². The van der Waals surface area contributed by atoms with Crippen molar-refractivity contribution in [2.75, 3.05) is 13.1 Å². The molecule has 214 valence electrons. The molecule has 1 saturated heterocycles. The summed E-state index contributed by atoms with van der Waals surface area (Å²) in [5.41, 5.74) is 0.730. The molecule has 1 aliphatic rings. The van der Waals surface area contributed by atoms with E-state index in [1.165, 1.54) is 11.8 Å². The number of hydrogen-bond donors (Lipinski definition) is 1. The molecule has 41 heavy (non-hydrogen) atoms. The SMILES string of the molecule is CCn1c(S[C@@H](C(=O)N2CCC[C@@H]2CNC(=O)OC(C)(C)C)c2ccccc2)nc2cc3ccccc3cc2c1=O. The maximum Gasteiger partial charge on any atom is 0.407 e. The molecule has 0 saturated carbocycles. The number of likely N-dealkylation sites (tertiary alicyclic amines) is 1. The van der Waals surface area contributed by atoms with Crippen molar-refractivity contribution in [2.24, 2.45) is 0 Å². The number of benzene rings is 3. The number of fused-ring (bicyclic) bond motifs is 2. The van der Waals surface area contributed by atoms with Crippen LogP contribution in [0.15, 0.2) is 76.7 Å². The lowest BCUT2D eigenvalue weighted by Crippen LogP contribution is -2.45. The predicted molar refractivity (Wildman–Crippen MR) is 163 cm³/mol. The van der Waals surface area contributed by atoms with Crippen LogP contribution in [0.1, 0.15) is 51.3 Å². The minimum Gasteiger partial charge on any atom is -0.444 e. The van der Waals surface area contributed by atoms with Gasteiger partial charge in [0, 0.05) is 25.7 Å². The number of alkyl carbamates (subject to hydrolysis) is 1. The lowest BCUT2D eigenvalue weighted by molar-refractivity contribution is -0.131. The number of hydrogen-bond acceptors (Lipinski definition) is 6. The molecule has 1 N–H and O–H groups in total. The van der Waals surface area contributed by atoms with E-state index in [1.54, 1.807) is 4.57 Å². The van der Waals surface area contributed by atoms with E-state index in [0.29, 0.717) is 35.7 Å². The largest absolute Gasteiger partial charge is 0.444 e. The van der Waals surface area contributed by atoms with Crippen molar-refractivity contribution in [3.63, 3.8) is 0 Å². The van der Waals surface area contributed by atoms with Crippen LogP contribution in [0, 0.1) is 0 Å². The molecule has 4 aromatic rings. The Bertz CT molecular complexity index is 1630. The normalized spacial score (nSPS) is 16.2. The summed E-state index contributed by atoms with van der Waals surface area (Å²) in [5.74, 6) is -0.0646. The summed E-state index contributed by atoms with van der Waals surface area (Å²) in [6.07, 6.45) is 1.14. The molecule has 0 radical (unpaired) electrons. The third-order valence-electron chi connectivity index (χ3n) is 7.19. The van der Waals surface area contributed by atoms with Gasteiger partial charge in [-0.25, -0.2) is 9.78 Å². The van der Waals surface area contributed by atoms with Crippen LogP contribution in [-0.2, 0) is 16.1 Å². The average molecular weight is 573 g/mol. The summed E-state index contributed by atoms with van der Waals surface area (Å²) in [7, 11) is 0. The number of rotatable bonds is 7. The molecule has 0 aliphatic carbocycles. The highest BCUT2D eigenvalue weighted by atomic mass is 32.2. The Morgan fingerprint density at radius 3 is 2.44 bits per heavy atom. The monoisotopic (exact) mass is 572 g/mol. The van der Waals surface area contributed by atoms with Gasteiger partial charge < -0.3 is 15.0 Å². The number of ether oxygens (including phenoxy) is 1. The van der Waals surface area contributed by atoms with Crippen LogP contribution < -0.4 is 10.9 Å². The van der Waals surface area contributed by atoms with Crippen molar-refractivity contribution < 1.29 is 14.3 Å². The minimum absolute atomic E-state index is 0.0646. The third kappa shape index (κ3) is 6.40. The number of thioether (sulfide) groups is 1. The van der Waals surface area contributed by atoms with Crippen molar-refractivity contribution in [3.8, 4) is 0 Å². The summed E-state index contributed by atoms with van der Waals surface area (Å²) in [5, 5.41) is 5.28. The van der Waals surface area contributed by atoms with E-state index in [9.17, 15) is 14.4 Å². The molecule has 0 bridgehead atoms. The highest BCUT2D eigenvalue weighted by molar-refractivity contribution is 8.00. The third-order valence-corrected chi connectivity index (χ3v) is 8.43. The van der Waals surface area contributed by atoms with Crippen molar-refractivity contribution in [2.45, 2.75) is 69.1 Å². The van der Waals surface area contributed by atoms with E-state index in [4.69, 9.17) is 9.72 Å². The molecule has 0 spiro atoms. The van der Waals surface area contributed by atoms with E-state index in [0.717, 1.165) is 29.2 Å². The van der Waals surface area contributed by atoms with Gasteiger partial charge in [-0.2, -0.15) is 0 Å². The Morgan fingerprint density at radius 1 is 1.07 bits per heavy atom. The molecule has 2 atom stereocenters. The van der Waals surface area contributed by atoms with Crippen LogP contribution in [0.2, 0.25) is 0 Å². The fourth-order valence-electron chi connectivity index (χ4n) is 5.25. The number of nitrogens with zero attached hydrogens (tertiary/aromatic N) is 3. The van der Waals surface area contributed by atoms with Gasteiger partial charge in [0.25, 0.3) is 5.56 Å². The van der Waals surface area contributed by atoms with Gasteiger partial charge in [0.1, 0.15) is 10.9 Å². The Morgan fingerprint density at radius 2 is 1.76 bits per heavy atom. The van der Waals surface area contributed by atoms with E-state index in [1.807, 2.05) is 99.3 Å². The molecule has 8 nitrogen and oxygen atoms in total. The smallest absolute Gasteiger partial charge is 0.407 e. The number of aromatic nitrogens is 2. The second-order valence-corrected chi connectivity index (χ2v) is 12.4. The van der Waals surface area contributed by atoms with Crippen LogP contribution in [0.25, 0.3) is 21.7 Å². The van der Waals surface area contributed by atoms with E-state index >= 15 is 0 Å². The molecule has 5 rings (SSSR count). The zero-order valence-corrected chi connectivity index (χ0v) is 24.7. The lowest BCUT2D eigenvalue weighted by atomic mass is 10.1. The number of nitrogens with one attached hydrogen (secondary N) is 1. The molecule has 2 amide bonds. The highest BCUT2D eigenvalue weighted by Gasteiger charge is 2.35. The van der Waals surface area contributed by atoms with Crippen LogP contribution in [0.4, 0.5) is 4.79 Å². The molecule has 0 unspecified atom stereocenters. The van der Waals surface area contributed by atoms with Gasteiger partial charge in [0.15, 0.2) is 5.16 Å². The van der Waals surface area contributed by atoms with Crippen LogP contribution in [0.5, 0.6) is 0 Å².